The zero-order chi connectivity index (χ0) is 16.4. The van der Waals surface area contributed by atoms with Crippen LogP contribution < -0.4 is 5.32 Å². The van der Waals surface area contributed by atoms with Crippen molar-refractivity contribution in [2.75, 3.05) is 6.54 Å². The fourth-order valence-corrected chi connectivity index (χ4v) is 2.37. The van der Waals surface area contributed by atoms with Gasteiger partial charge in [0.05, 0.1) is 5.56 Å². The summed E-state index contributed by atoms with van der Waals surface area (Å²) in [5.41, 5.74) is 1.47. The Kier molecular flexibility index (Phi) is 4.06. The van der Waals surface area contributed by atoms with E-state index < -0.39 is 28.9 Å². The molecule has 3 nitrogen and oxygen atoms in total. The second-order valence-corrected chi connectivity index (χ2v) is 5.13. The van der Waals surface area contributed by atoms with Gasteiger partial charge < -0.3 is 10.3 Å². The maximum absolute atomic E-state index is 13.5. The summed E-state index contributed by atoms with van der Waals surface area (Å²) in [5, 5.41) is 3.58. The smallest absolute Gasteiger partial charge is 0.254 e. The van der Waals surface area contributed by atoms with E-state index in [1.54, 1.807) is 0 Å². The molecule has 0 spiro atoms. The molecule has 1 aromatic heterocycles. The van der Waals surface area contributed by atoms with Crippen molar-refractivity contribution in [1.82, 2.24) is 10.3 Å². The van der Waals surface area contributed by atoms with Crippen LogP contribution in [-0.4, -0.2) is 17.4 Å². The zero-order valence-corrected chi connectivity index (χ0v) is 12.0. The molecule has 1 heterocycles. The molecule has 0 fully saturated rings. The summed E-state index contributed by atoms with van der Waals surface area (Å²) < 4.78 is 39.5. The van der Waals surface area contributed by atoms with Crippen molar-refractivity contribution in [2.45, 2.75) is 6.42 Å². The second-order valence-electron chi connectivity index (χ2n) is 5.13. The van der Waals surface area contributed by atoms with E-state index in [2.05, 4.69) is 10.3 Å². The molecule has 118 valence electrons. The Hall–Kier alpha value is -2.76. The molecular formula is C17H13F3N2O. The minimum absolute atomic E-state index is 0.253. The lowest BCUT2D eigenvalue weighted by Gasteiger charge is -2.07. The molecule has 0 aliphatic carbocycles. The van der Waals surface area contributed by atoms with Gasteiger partial charge >= 0.3 is 0 Å². The van der Waals surface area contributed by atoms with Crippen LogP contribution in [0.15, 0.2) is 42.6 Å². The number of hydrogen-bond acceptors (Lipinski definition) is 1. The number of nitrogens with one attached hydrogen (secondary N) is 2. The molecule has 2 aromatic carbocycles. The molecule has 0 aliphatic rings. The second kappa shape index (κ2) is 6.16. The number of amides is 1. The van der Waals surface area contributed by atoms with Gasteiger partial charge in [-0.3, -0.25) is 4.79 Å². The summed E-state index contributed by atoms with van der Waals surface area (Å²) in [6.07, 6.45) is 2.37. The van der Waals surface area contributed by atoms with Crippen LogP contribution in [0.4, 0.5) is 13.2 Å². The number of H-pyrrole nitrogens is 1. The normalized spacial score (nSPS) is 10.9. The van der Waals surface area contributed by atoms with Crippen LogP contribution in [-0.2, 0) is 6.42 Å². The Labute approximate surface area is 130 Å². The molecule has 0 aliphatic heterocycles. The maximum Gasteiger partial charge on any atom is 0.254 e. The topological polar surface area (TPSA) is 44.9 Å². The van der Waals surface area contributed by atoms with Crippen LogP contribution in [0.25, 0.3) is 10.9 Å². The van der Waals surface area contributed by atoms with Crippen LogP contribution in [0.1, 0.15) is 15.9 Å². The highest BCUT2D eigenvalue weighted by atomic mass is 19.2. The van der Waals surface area contributed by atoms with Gasteiger partial charge in [-0.1, -0.05) is 12.1 Å². The van der Waals surface area contributed by atoms with Crippen molar-refractivity contribution in [2.24, 2.45) is 0 Å². The number of fused-ring (bicyclic) bond motifs is 1. The summed E-state index contributed by atoms with van der Waals surface area (Å²) in [6, 6.07) is 9.45. The molecule has 0 radical (unpaired) electrons. The lowest BCUT2D eigenvalue weighted by atomic mass is 10.1. The van der Waals surface area contributed by atoms with Gasteiger partial charge in [-0.05, 0) is 41.6 Å². The summed E-state index contributed by atoms with van der Waals surface area (Å²) in [7, 11) is 0. The third-order valence-corrected chi connectivity index (χ3v) is 3.60. The fourth-order valence-electron chi connectivity index (χ4n) is 2.37. The van der Waals surface area contributed by atoms with E-state index in [-0.39, 0.29) is 6.54 Å². The molecule has 0 atom stereocenters. The van der Waals surface area contributed by atoms with E-state index in [4.69, 9.17) is 0 Å². The highest BCUT2D eigenvalue weighted by Crippen LogP contribution is 2.16. The van der Waals surface area contributed by atoms with E-state index in [1.165, 1.54) is 0 Å². The molecule has 3 aromatic rings. The fraction of sp³-hybridized carbons (Fsp3) is 0.118. The first kappa shape index (κ1) is 15.1. The van der Waals surface area contributed by atoms with Crippen LogP contribution in [0.2, 0.25) is 0 Å². The number of rotatable bonds is 4. The number of aromatic nitrogens is 1. The lowest BCUT2D eigenvalue weighted by Crippen LogP contribution is -2.27. The van der Waals surface area contributed by atoms with Crippen molar-refractivity contribution in [3.63, 3.8) is 0 Å². The number of halogens is 3. The van der Waals surface area contributed by atoms with E-state index >= 15 is 0 Å². The van der Waals surface area contributed by atoms with Crippen molar-refractivity contribution < 1.29 is 18.0 Å². The molecular weight excluding hydrogens is 305 g/mol. The Bertz CT molecular complexity index is 873. The molecule has 0 saturated heterocycles. The molecule has 23 heavy (non-hydrogen) atoms. The standard InChI is InChI=1S/C17H13F3N2O/c18-13-4-3-12(15(19)16(13)20)17(23)22-7-5-10-1-2-11-6-8-21-14(11)9-10/h1-4,6,8-9,21H,5,7H2,(H,22,23). The lowest BCUT2D eigenvalue weighted by molar-refractivity contribution is 0.0949. The summed E-state index contributed by atoms with van der Waals surface area (Å²) in [5.74, 6) is -5.22. The van der Waals surface area contributed by atoms with Crippen LogP contribution in [0.5, 0.6) is 0 Å². The van der Waals surface area contributed by atoms with E-state index in [9.17, 15) is 18.0 Å². The van der Waals surface area contributed by atoms with Gasteiger partial charge in [0.25, 0.3) is 5.91 Å². The Morgan fingerprint density at radius 2 is 1.87 bits per heavy atom. The molecule has 0 saturated carbocycles. The van der Waals surface area contributed by atoms with Gasteiger partial charge in [0.1, 0.15) is 0 Å². The Balaban J connectivity index is 1.64. The Morgan fingerprint density at radius 3 is 2.70 bits per heavy atom. The number of hydrogen-bond donors (Lipinski definition) is 2. The SMILES string of the molecule is O=C(NCCc1ccc2cc[nH]c2c1)c1ccc(F)c(F)c1F. The number of benzene rings is 2. The minimum atomic E-state index is -1.64. The minimum Gasteiger partial charge on any atom is -0.361 e. The average Bonchev–Trinajstić information content (AvgIpc) is 3.00. The zero-order valence-electron chi connectivity index (χ0n) is 12.0. The average molecular weight is 318 g/mol. The molecule has 3 rings (SSSR count). The first-order chi connectivity index (χ1) is 11.1. The van der Waals surface area contributed by atoms with Gasteiger partial charge in [0, 0.05) is 18.3 Å². The largest absolute Gasteiger partial charge is 0.361 e. The maximum atomic E-state index is 13.5. The molecule has 0 bridgehead atoms. The summed E-state index contributed by atoms with van der Waals surface area (Å²) in [6.45, 7) is 0.253. The van der Waals surface area contributed by atoms with Gasteiger partial charge in [-0.15, -0.1) is 0 Å². The summed E-state index contributed by atoms with van der Waals surface area (Å²) >= 11 is 0. The van der Waals surface area contributed by atoms with Gasteiger partial charge in [-0.2, -0.15) is 0 Å². The van der Waals surface area contributed by atoms with Crippen molar-refractivity contribution in [3.05, 3.63) is 71.2 Å². The van der Waals surface area contributed by atoms with Crippen LogP contribution in [0, 0.1) is 17.5 Å². The monoisotopic (exact) mass is 318 g/mol. The van der Waals surface area contributed by atoms with E-state index in [0.29, 0.717) is 6.42 Å². The molecule has 1 amide bonds. The predicted molar refractivity (Wildman–Crippen MR) is 80.7 cm³/mol. The third kappa shape index (κ3) is 3.06. The van der Waals surface area contributed by atoms with Crippen LogP contribution >= 0.6 is 0 Å². The highest BCUT2D eigenvalue weighted by Gasteiger charge is 2.18. The third-order valence-electron chi connectivity index (χ3n) is 3.60. The number of carbonyl (C=O) groups is 1. The van der Waals surface area contributed by atoms with Crippen LogP contribution in [0.3, 0.4) is 0 Å². The van der Waals surface area contributed by atoms with Crippen molar-refractivity contribution >= 4 is 16.8 Å². The summed E-state index contributed by atoms with van der Waals surface area (Å²) in [4.78, 5) is 14.9. The predicted octanol–water partition coefficient (Wildman–Crippen LogP) is 3.56. The van der Waals surface area contributed by atoms with Crippen molar-refractivity contribution in [1.29, 1.82) is 0 Å². The molecule has 2 N–H and O–H groups in total. The van der Waals surface area contributed by atoms with Gasteiger partial charge in [0.2, 0.25) is 0 Å². The van der Waals surface area contributed by atoms with E-state index in [0.717, 1.165) is 28.6 Å². The number of aromatic amines is 1. The Morgan fingerprint density at radius 1 is 1.04 bits per heavy atom. The first-order valence-corrected chi connectivity index (χ1v) is 7.04. The first-order valence-electron chi connectivity index (χ1n) is 7.04. The van der Waals surface area contributed by atoms with Gasteiger partial charge in [0.15, 0.2) is 17.5 Å². The molecule has 0 unspecified atom stereocenters. The number of carbonyl (C=O) groups excluding carboxylic acids is 1. The quantitative estimate of drug-likeness (QED) is 0.710. The van der Waals surface area contributed by atoms with Crippen molar-refractivity contribution in [3.8, 4) is 0 Å². The van der Waals surface area contributed by atoms with Gasteiger partial charge in [-0.25, -0.2) is 13.2 Å². The van der Waals surface area contributed by atoms with E-state index in [1.807, 2.05) is 30.5 Å². The highest BCUT2D eigenvalue weighted by molar-refractivity contribution is 5.94. The molecule has 6 heteroatoms.